The van der Waals surface area contributed by atoms with Crippen LogP contribution in [0.15, 0.2) is 42.6 Å². The Bertz CT molecular complexity index is 930. The molecule has 0 spiro atoms. The average molecular weight is 402 g/mol. The molecule has 3 nitrogen and oxygen atoms in total. The van der Waals surface area contributed by atoms with Crippen LogP contribution < -0.4 is 5.32 Å². The minimum atomic E-state index is 0.501. The Balaban J connectivity index is 1.52. The van der Waals surface area contributed by atoms with E-state index in [1.165, 1.54) is 18.5 Å². The third kappa shape index (κ3) is 4.41. The molecule has 0 amide bonds. The van der Waals surface area contributed by atoms with Gasteiger partial charge in [0.2, 0.25) is 0 Å². The molecular formula is C22H25Cl2N3. The molecule has 1 aliphatic carbocycles. The zero-order chi connectivity index (χ0) is 18.8. The number of rotatable bonds is 8. The van der Waals surface area contributed by atoms with Crippen molar-refractivity contribution < 1.29 is 0 Å². The van der Waals surface area contributed by atoms with E-state index in [-0.39, 0.29) is 0 Å². The van der Waals surface area contributed by atoms with Crippen LogP contribution in [0.5, 0.6) is 0 Å². The van der Waals surface area contributed by atoms with Gasteiger partial charge in [-0.05, 0) is 67.3 Å². The lowest BCUT2D eigenvalue weighted by Gasteiger charge is -2.17. The van der Waals surface area contributed by atoms with Crippen LogP contribution in [0.25, 0.3) is 5.52 Å². The number of hydrogen-bond donors (Lipinski definition) is 1. The molecule has 3 aromatic rings. The lowest BCUT2D eigenvalue weighted by atomic mass is 9.92. The van der Waals surface area contributed by atoms with Gasteiger partial charge in [-0.2, -0.15) is 5.10 Å². The molecular weight excluding hydrogens is 377 g/mol. The van der Waals surface area contributed by atoms with Crippen LogP contribution in [-0.4, -0.2) is 16.2 Å². The molecule has 1 saturated carbocycles. The number of fused-ring (bicyclic) bond motifs is 1. The lowest BCUT2D eigenvalue weighted by molar-refractivity contribution is 0.493. The predicted molar refractivity (Wildman–Crippen MR) is 114 cm³/mol. The third-order valence-electron chi connectivity index (χ3n) is 5.50. The summed E-state index contributed by atoms with van der Waals surface area (Å²) in [6.07, 6.45) is 7.65. The van der Waals surface area contributed by atoms with Gasteiger partial charge in [0.25, 0.3) is 0 Å². The average Bonchev–Trinajstić information content (AvgIpc) is 3.40. The Morgan fingerprint density at radius 3 is 2.78 bits per heavy atom. The van der Waals surface area contributed by atoms with Crippen LogP contribution in [0.2, 0.25) is 10.0 Å². The van der Waals surface area contributed by atoms with Gasteiger partial charge in [-0.25, -0.2) is 4.52 Å². The summed E-state index contributed by atoms with van der Waals surface area (Å²) in [5, 5.41) is 9.65. The highest BCUT2D eigenvalue weighted by Gasteiger charge is 2.21. The van der Waals surface area contributed by atoms with Crippen molar-refractivity contribution in [2.24, 2.45) is 11.8 Å². The van der Waals surface area contributed by atoms with E-state index in [9.17, 15) is 0 Å². The number of nitrogens with one attached hydrogen (secondary N) is 1. The van der Waals surface area contributed by atoms with Crippen molar-refractivity contribution in [3.63, 3.8) is 0 Å². The molecule has 1 N–H and O–H groups in total. The van der Waals surface area contributed by atoms with Crippen molar-refractivity contribution in [3.05, 3.63) is 63.9 Å². The molecule has 1 aromatic carbocycles. The summed E-state index contributed by atoms with van der Waals surface area (Å²) >= 11 is 12.4. The number of hydrogen-bond acceptors (Lipinski definition) is 2. The topological polar surface area (TPSA) is 29.3 Å². The van der Waals surface area contributed by atoms with Gasteiger partial charge in [-0.1, -0.05) is 48.7 Å². The SMILES string of the molecule is CCC(Cc1ccc(Cl)cc1Cl)Cc1cccc2c(NCC3CC3)cnn12. The van der Waals surface area contributed by atoms with Gasteiger partial charge < -0.3 is 5.32 Å². The first-order valence-electron chi connectivity index (χ1n) is 9.77. The molecule has 1 fully saturated rings. The fraction of sp³-hybridized carbons (Fsp3) is 0.409. The molecule has 2 heterocycles. The van der Waals surface area contributed by atoms with E-state index in [2.05, 4.69) is 40.1 Å². The second-order valence-electron chi connectivity index (χ2n) is 7.61. The van der Waals surface area contributed by atoms with Gasteiger partial charge in [-0.3, -0.25) is 0 Å². The molecule has 27 heavy (non-hydrogen) atoms. The molecule has 0 radical (unpaired) electrons. The summed E-state index contributed by atoms with van der Waals surface area (Å²) < 4.78 is 2.08. The first kappa shape index (κ1) is 18.6. The van der Waals surface area contributed by atoms with Crippen LogP contribution in [0.1, 0.15) is 37.4 Å². The monoisotopic (exact) mass is 401 g/mol. The summed E-state index contributed by atoms with van der Waals surface area (Å²) in [4.78, 5) is 0. The molecule has 2 aromatic heterocycles. The van der Waals surface area contributed by atoms with E-state index in [0.717, 1.165) is 53.5 Å². The second-order valence-corrected chi connectivity index (χ2v) is 8.46. The van der Waals surface area contributed by atoms with E-state index < -0.39 is 0 Å². The molecule has 0 aliphatic heterocycles. The summed E-state index contributed by atoms with van der Waals surface area (Å²) in [6.45, 7) is 3.29. The van der Waals surface area contributed by atoms with Crippen molar-refractivity contribution in [1.29, 1.82) is 0 Å². The fourth-order valence-electron chi connectivity index (χ4n) is 3.59. The first-order valence-corrected chi connectivity index (χ1v) is 10.5. The van der Waals surface area contributed by atoms with Gasteiger partial charge in [0.05, 0.1) is 17.4 Å². The maximum absolute atomic E-state index is 6.39. The summed E-state index contributed by atoms with van der Waals surface area (Å²) in [6, 6.07) is 12.2. The predicted octanol–water partition coefficient (Wildman–Crippen LogP) is 6.27. The molecule has 142 valence electrons. The second kappa shape index (κ2) is 8.12. The van der Waals surface area contributed by atoms with Crippen molar-refractivity contribution in [1.82, 2.24) is 9.61 Å². The van der Waals surface area contributed by atoms with Gasteiger partial charge in [0.1, 0.15) is 0 Å². The van der Waals surface area contributed by atoms with Crippen molar-refractivity contribution in [3.8, 4) is 0 Å². The van der Waals surface area contributed by atoms with Crippen LogP contribution in [0.4, 0.5) is 5.69 Å². The Labute approximate surface area is 170 Å². The van der Waals surface area contributed by atoms with Crippen molar-refractivity contribution in [2.75, 3.05) is 11.9 Å². The zero-order valence-electron chi connectivity index (χ0n) is 15.6. The Hall–Kier alpha value is -1.71. The minimum Gasteiger partial charge on any atom is -0.382 e. The van der Waals surface area contributed by atoms with Crippen LogP contribution in [0, 0.1) is 11.8 Å². The summed E-state index contributed by atoms with van der Waals surface area (Å²) in [5.74, 6) is 1.35. The summed E-state index contributed by atoms with van der Waals surface area (Å²) in [5.41, 5.74) is 4.70. The Kier molecular flexibility index (Phi) is 5.60. The third-order valence-corrected chi connectivity index (χ3v) is 6.09. The van der Waals surface area contributed by atoms with E-state index in [1.807, 2.05) is 24.4 Å². The molecule has 5 heteroatoms. The molecule has 1 atom stereocenters. The van der Waals surface area contributed by atoms with E-state index >= 15 is 0 Å². The van der Waals surface area contributed by atoms with Crippen molar-refractivity contribution in [2.45, 2.75) is 39.0 Å². The number of nitrogens with zero attached hydrogens (tertiary/aromatic N) is 2. The van der Waals surface area contributed by atoms with Gasteiger partial charge in [0.15, 0.2) is 0 Å². The quantitative estimate of drug-likeness (QED) is 0.481. The minimum absolute atomic E-state index is 0.501. The van der Waals surface area contributed by atoms with E-state index in [0.29, 0.717) is 10.9 Å². The lowest BCUT2D eigenvalue weighted by Crippen LogP contribution is -2.11. The smallest absolute Gasteiger partial charge is 0.0896 e. The number of benzene rings is 1. The molecule has 1 unspecified atom stereocenters. The molecule has 1 aliphatic rings. The summed E-state index contributed by atoms with van der Waals surface area (Å²) in [7, 11) is 0. The van der Waals surface area contributed by atoms with Crippen LogP contribution in [-0.2, 0) is 12.8 Å². The maximum atomic E-state index is 6.39. The highest BCUT2D eigenvalue weighted by atomic mass is 35.5. The van der Waals surface area contributed by atoms with Gasteiger partial charge in [-0.15, -0.1) is 0 Å². The number of pyridine rings is 1. The van der Waals surface area contributed by atoms with E-state index in [1.54, 1.807) is 0 Å². The number of anilines is 1. The highest BCUT2D eigenvalue weighted by Crippen LogP contribution is 2.30. The standard InChI is InChI=1S/C22H25Cl2N3/c1-2-15(10-17-8-9-18(23)12-20(17)24)11-19-4-3-5-22-21(14-26-27(19)22)25-13-16-6-7-16/h3-5,8-9,12,14-16,25H,2,6-7,10-11,13H2,1H3. The largest absolute Gasteiger partial charge is 0.382 e. The van der Waals surface area contributed by atoms with Gasteiger partial charge in [0, 0.05) is 22.3 Å². The maximum Gasteiger partial charge on any atom is 0.0896 e. The molecule has 4 rings (SSSR count). The zero-order valence-corrected chi connectivity index (χ0v) is 17.1. The van der Waals surface area contributed by atoms with Crippen molar-refractivity contribution >= 4 is 34.4 Å². The Morgan fingerprint density at radius 1 is 1.19 bits per heavy atom. The first-order chi connectivity index (χ1) is 13.1. The highest BCUT2D eigenvalue weighted by molar-refractivity contribution is 6.35. The number of aromatic nitrogens is 2. The normalized spacial score (nSPS) is 15.2. The molecule has 0 saturated heterocycles. The van der Waals surface area contributed by atoms with E-state index in [4.69, 9.17) is 23.2 Å². The van der Waals surface area contributed by atoms with Gasteiger partial charge >= 0.3 is 0 Å². The van der Waals surface area contributed by atoms with Crippen LogP contribution >= 0.6 is 23.2 Å². The van der Waals surface area contributed by atoms with Crippen LogP contribution in [0.3, 0.4) is 0 Å². The number of halogens is 2. The Morgan fingerprint density at radius 2 is 2.04 bits per heavy atom. The fourth-order valence-corrected chi connectivity index (χ4v) is 4.08. The molecule has 0 bridgehead atoms.